The number of piperidine rings is 1. The molecule has 0 aromatic heterocycles. The zero-order valence-corrected chi connectivity index (χ0v) is 12.4. The summed E-state index contributed by atoms with van der Waals surface area (Å²) in [5, 5.41) is 0. The van der Waals surface area contributed by atoms with E-state index in [9.17, 15) is 0 Å². The first-order valence-corrected chi connectivity index (χ1v) is 7.37. The summed E-state index contributed by atoms with van der Waals surface area (Å²) in [6.45, 7) is 9.86. The third kappa shape index (κ3) is 3.57. The number of aryl methyl sites for hydroxylation is 1. The van der Waals surface area contributed by atoms with Crippen molar-refractivity contribution in [3.63, 3.8) is 0 Å². The first-order valence-electron chi connectivity index (χ1n) is 7.37. The number of likely N-dealkylation sites (tertiary alicyclic amines) is 1. The van der Waals surface area contributed by atoms with Crippen molar-refractivity contribution in [1.82, 2.24) is 4.90 Å². The van der Waals surface area contributed by atoms with Gasteiger partial charge in [-0.25, -0.2) is 0 Å². The summed E-state index contributed by atoms with van der Waals surface area (Å²) >= 11 is 0. The largest absolute Gasteiger partial charge is 0.295 e. The number of hydrogen-bond donors (Lipinski definition) is 0. The standard InChI is InChI=1S/C18H25N/c1-4-15-8-7-9-16(12-15)13-19-11-10-17(5-2)18(6-3)14-19/h5-9,12H,4,10-11,13-14H2,1-3H3/b17-5-,18-6-. The van der Waals surface area contributed by atoms with Crippen molar-refractivity contribution < 1.29 is 0 Å². The second-order valence-electron chi connectivity index (χ2n) is 5.26. The number of allylic oxidation sites excluding steroid dienone is 2. The molecule has 1 heterocycles. The van der Waals surface area contributed by atoms with Crippen LogP contribution in [0.15, 0.2) is 47.6 Å². The molecule has 0 saturated carbocycles. The Morgan fingerprint density at radius 1 is 1.11 bits per heavy atom. The molecule has 0 radical (unpaired) electrons. The Balaban J connectivity index is 2.04. The second-order valence-corrected chi connectivity index (χ2v) is 5.26. The fourth-order valence-corrected chi connectivity index (χ4v) is 2.81. The van der Waals surface area contributed by atoms with Crippen LogP contribution >= 0.6 is 0 Å². The maximum Gasteiger partial charge on any atom is 0.0237 e. The molecule has 0 aliphatic carbocycles. The van der Waals surface area contributed by atoms with Gasteiger partial charge in [0, 0.05) is 19.6 Å². The molecule has 0 spiro atoms. The third-order valence-corrected chi connectivity index (χ3v) is 4.01. The Hall–Kier alpha value is -1.34. The number of benzene rings is 1. The second kappa shape index (κ2) is 6.72. The van der Waals surface area contributed by atoms with Crippen LogP contribution in [-0.2, 0) is 13.0 Å². The van der Waals surface area contributed by atoms with Gasteiger partial charge in [-0.15, -0.1) is 0 Å². The Bertz CT molecular complexity index is 482. The van der Waals surface area contributed by atoms with E-state index >= 15 is 0 Å². The lowest BCUT2D eigenvalue weighted by molar-refractivity contribution is 0.276. The predicted molar refractivity (Wildman–Crippen MR) is 83.2 cm³/mol. The van der Waals surface area contributed by atoms with Crippen molar-refractivity contribution in [3.8, 4) is 0 Å². The summed E-state index contributed by atoms with van der Waals surface area (Å²) in [6, 6.07) is 9.00. The molecule has 19 heavy (non-hydrogen) atoms. The monoisotopic (exact) mass is 255 g/mol. The number of nitrogens with zero attached hydrogens (tertiary/aromatic N) is 1. The summed E-state index contributed by atoms with van der Waals surface area (Å²) in [5.74, 6) is 0. The number of rotatable bonds is 3. The normalized spacial score (nSPS) is 21.2. The predicted octanol–water partition coefficient (Wildman–Crippen LogP) is 4.35. The van der Waals surface area contributed by atoms with Crippen molar-refractivity contribution in [2.75, 3.05) is 13.1 Å². The van der Waals surface area contributed by atoms with E-state index in [1.54, 1.807) is 0 Å². The van der Waals surface area contributed by atoms with Crippen LogP contribution in [-0.4, -0.2) is 18.0 Å². The molecule has 102 valence electrons. The van der Waals surface area contributed by atoms with Crippen LogP contribution < -0.4 is 0 Å². The van der Waals surface area contributed by atoms with E-state index in [0.717, 1.165) is 19.5 Å². The van der Waals surface area contributed by atoms with Crippen molar-refractivity contribution in [3.05, 3.63) is 58.7 Å². The van der Waals surface area contributed by atoms with Gasteiger partial charge in [0.1, 0.15) is 0 Å². The van der Waals surface area contributed by atoms with Crippen LogP contribution in [0.4, 0.5) is 0 Å². The molecular weight excluding hydrogens is 230 g/mol. The fraction of sp³-hybridized carbons (Fsp3) is 0.444. The molecule has 1 nitrogen and oxygen atoms in total. The molecule has 1 aromatic carbocycles. The zero-order chi connectivity index (χ0) is 13.7. The van der Waals surface area contributed by atoms with E-state index in [1.807, 2.05) is 0 Å². The minimum Gasteiger partial charge on any atom is -0.295 e. The van der Waals surface area contributed by atoms with Crippen LogP contribution in [0, 0.1) is 0 Å². The maximum atomic E-state index is 2.55. The molecule has 1 fully saturated rings. The highest BCUT2D eigenvalue weighted by Gasteiger charge is 2.17. The van der Waals surface area contributed by atoms with Crippen molar-refractivity contribution >= 4 is 0 Å². The summed E-state index contributed by atoms with van der Waals surface area (Å²) in [6.07, 6.45) is 6.84. The first kappa shape index (κ1) is 14.1. The molecule has 0 bridgehead atoms. The van der Waals surface area contributed by atoms with E-state index in [1.165, 1.54) is 35.2 Å². The molecule has 0 atom stereocenters. The van der Waals surface area contributed by atoms with E-state index < -0.39 is 0 Å². The van der Waals surface area contributed by atoms with Gasteiger partial charge in [0.05, 0.1) is 0 Å². The van der Waals surface area contributed by atoms with Crippen molar-refractivity contribution in [1.29, 1.82) is 0 Å². The summed E-state index contributed by atoms with van der Waals surface area (Å²) < 4.78 is 0. The van der Waals surface area contributed by atoms with Crippen LogP contribution in [0.3, 0.4) is 0 Å². The van der Waals surface area contributed by atoms with Gasteiger partial charge in [-0.1, -0.05) is 43.3 Å². The smallest absolute Gasteiger partial charge is 0.0237 e. The minimum absolute atomic E-state index is 1.07. The van der Waals surface area contributed by atoms with Gasteiger partial charge in [0.25, 0.3) is 0 Å². The summed E-state index contributed by atoms with van der Waals surface area (Å²) in [5.41, 5.74) is 5.91. The molecule has 0 N–H and O–H groups in total. The van der Waals surface area contributed by atoms with Crippen LogP contribution in [0.5, 0.6) is 0 Å². The quantitative estimate of drug-likeness (QED) is 0.776. The molecule has 0 unspecified atom stereocenters. The van der Waals surface area contributed by atoms with Crippen molar-refractivity contribution in [2.24, 2.45) is 0 Å². The molecule has 1 aliphatic rings. The minimum atomic E-state index is 1.07. The third-order valence-electron chi connectivity index (χ3n) is 4.01. The van der Waals surface area contributed by atoms with Crippen LogP contribution in [0.2, 0.25) is 0 Å². The van der Waals surface area contributed by atoms with Gasteiger partial charge in [0.2, 0.25) is 0 Å². The van der Waals surface area contributed by atoms with Gasteiger partial charge >= 0.3 is 0 Å². The van der Waals surface area contributed by atoms with Gasteiger partial charge in [-0.2, -0.15) is 0 Å². The first-order chi connectivity index (χ1) is 9.26. The SMILES string of the molecule is C/C=C1/CCN(Cc2cccc(CC)c2)C/C1=C/C. The van der Waals surface area contributed by atoms with Gasteiger partial charge in [-0.05, 0) is 49.0 Å². The molecule has 2 rings (SSSR count). The van der Waals surface area contributed by atoms with E-state index in [0.29, 0.717) is 0 Å². The van der Waals surface area contributed by atoms with Gasteiger partial charge in [0.15, 0.2) is 0 Å². The zero-order valence-electron chi connectivity index (χ0n) is 12.4. The maximum absolute atomic E-state index is 2.55. The molecule has 1 heteroatoms. The molecule has 1 saturated heterocycles. The molecule has 1 aromatic rings. The van der Waals surface area contributed by atoms with Crippen molar-refractivity contribution in [2.45, 2.75) is 40.2 Å². The highest BCUT2D eigenvalue weighted by atomic mass is 15.1. The molecule has 1 aliphatic heterocycles. The molecular formula is C18H25N. The Labute approximate surface area is 117 Å². The summed E-state index contributed by atoms with van der Waals surface area (Å²) in [4.78, 5) is 2.55. The van der Waals surface area contributed by atoms with E-state index in [2.05, 4.69) is 62.1 Å². The van der Waals surface area contributed by atoms with E-state index in [4.69, 9.17) is 0 Å². The fourth-order valence-electron chi connectivity index (χ4n) is 2.81. The highest BCUT2D eigenvalue weighted by molar-refractivity contribution is 5.34. The lowest BCUT2D eigenvalue weighted by atomic mass is 9.97. The number of hydrogen-bond acceptors (Lipinski definition) is 1. The lowest BCUT2D eigenvalue weighted by Crippen LogP contribution is -2.31. The average molecular weight is 255 g/mol. The van der Waals surface area contributed by atoms with E-state index in [-0.39, 0.29) is 0 Å². The Kier molecular flexibility index (Phi) is 4.98. The topological polar surface area (TPSA) is 3.24 Å². The van der Waals surface area contributed by atoms with Gasteiger partial charge < -0.3 is 0 Å². The van der Waals surface area contributed by atoms with Crippen LogP contribution in [0.25, 0.3) is 0 Å². The summed E-state index contributed by atoms with van der Waals surface area (Å²) in [7, 11) is 0. The van der Waals surface area contributed by atoms with Crippen LogP contribution in [0.1, 0.15) is 38.3 Å². The average Bonchev–Trinajstić information content (AvgIpc) is 2.47. The lowest BCUT2D eigenvalue weighted by Gasteiger charge is -2.30. The van der Waals surface area contributed by atoms with Gasteiger partial charge in [-0.3, -0.25) is 4.90 Å². The Morgan fingerprint density at radius 2 is 1.84 bits per heavy atom. The highest BCUT2D eigenvalue weighted by Crippen LogP contribution is 2.23. The molecule has 0 amide bonds. The Morgan fingerprint density at radius 3 is 2.53 bits per heavy atom.